The number of benzene rings is 2. The summed E-state index contributed by atoms with van der Waals surface area (Å²) in [7, 11) is 0. The first kappa shape index (κ1) is 14.6. The van der Waals surface area contributed by atoms with Gasteiger partial charge in [0.2, 0.25) is 0 Å². The standard InChI is InChI=1S/C16H17BrN2O/c1-10-6-7-14(18)9-15(10)16(20)19-11(2)12-4-3-5-13(17)8-12/h3-9,11H,18H2,1-2H3,(H,19,20). The van der Waals surface area contributed by atoms with Crippen molar-refractivity contribution in [1.29, 1.82) is 0 Å². The van der Waals surface area contributed by atoms with Crippen LogP contribution < -0.4 is 11.1 Å². The monoisotopic (exact) mass is 332 g/mol. The summed E-state index contributed by atoms with van der Waals surface area (Å²) in [5, 5.41) is 2.99. The predicted molar refractivity (Wildman–Crippen MR) is 85.6 cm³/mol. The highest BCUT2D eigenvalue weighted by atomic mass is 79.9. The number of carbonyl (C=O) groups excluding carboxylic acids is 1. The third kappa shape index (κ3) is 3.39. The average Bonchev–Trinajstić information content (AvgIpc) is 2.41. The summed E-state index contributed by atoms with van der Waals surface area (Å²) in [5.41, 5.74) is 8.92. The molecule has 4 heteroatoms. The van der Waals surface area contributed by atoms with Crippen LogP contribution in [0.4, 0.5) is 5.69 Å². The van der Waals surface area contributed by atoms with Gasteiger partial charge in [-0.2, -0.15) is 0 Å². The van der Waals surface area contributed by atoms with Crippen LogP contribution in [0.2, 0.25) is 0 Å². The number of rotatable bonds is 3. The van der Waals surface area contributed by atoms with Crippen LogP contribution in [-0.2, 0) is 0 Å². The minimum Gasteiger partial charge on any atom is -0.399 e. The highest BCUT2D eigenvalue weighted by molar-refractivity contribution is 9.10. The normalized spacial score (nSPS) is 11.9. The number of aryl methyl sites for hydroxylation is 1. The lowest BCUT2D eigenvalue weighted by Gasteiger charge is -2.16. The summed E-state index contributed by atoms with van der Waals surface area (Å²) >= 11 is 3.43. The van der Waals surface area contributed by atoms with E-state index in [1.165, 1.54) is 0 Å². The molecule has 0 saturated heterocycles. The minimum absolute atomic E-state index is 0.0687. The van der Waals surface area contributed by atoms with Crippen molar-refractivity contribution in [3.63, 3.8) is 0 Å². The number of carbonyl (C=O) groups is 1. The Morgan fingerprint density at radius 1 is 1.25 bits per heavy atom. The molecule has 0 heterocycles. The Morgan fingerprint density at radius 2 is 2.00 bits per heavy atom. The van der Waals surface area contributed by atoms with Gasteiger partial charge in [-0.15, -0.1) is 0 Å². The second kappa shape index (κ2) is 6.09. The fourth-order valence-corrected chi connectivity index (χ4v) is 2.43. The molecule has 1 unspecified atom stereocenters. The number of hydrogen-bond donors (Lipinski definition) is 2. The van der Waals surface area contributed by atoms with E-state index >= 15 is 0 Å². The summed E-state index contributed by atoms with van der Waals surface area (Å²) in [5.74, 6) is -0.109. The fraction of sp³-hybridized carbons (Fsp3) is 0.188. The highest BCUT2D eigenvalue weighted by Crippen LogP contribution is 2.19. The fourth-order valence-electron chi connectivity index (χ4n) is 2.02. The van der Waals surface area contributed by atoms with E-state index in [2.05, 4.69) is 21.2 Å². The van der Waals surface area contributed by atoms with Crippen LogP contribution in [0.3, 0.4) is 0 Å². The zero-order chi connectivity index (χ0) is 14.7. The van der Waals surface area contributed by atoms with Gasteiger partial charge in [-0.05, 0) is 49.2 Å². The van der Waals surface area contributed by atoms with Crippen molar-refractivity contribution in [3.05, 3.63) is 63.6 Å². The van der Waals surface area contributed by atoms with Crippen LogP contribution in [0, 0.1) is 6.92 Å². The lowest BCUT2D eigenvalue weighted by atomic mass is 10.1. The topological polar surface area (TPSA) is 55.1 Å². The van der Waals surface area contributed by atoms with E-state index in [9.17, 15) is 4.79 Å². The van der Waals surface area contributed by atoms with Crippen LogP contribution in [0.5, 0.6) is 0 Å². The zero-order valence-electron chi connectivity index (χ0n) is 11.5. The molecule has 1 atom stereocenters. The average molecular weight is 333 g/mol. The summed E-state index contributed by atoms with van der Waals surface area (Å²) < 4.78 is 0.997. The number of amides is 1. The second-order valence-corrected chi connectivity index (χ2v) is 5.74. The number of nitrogen functional groups attached to an aromatic ring is 1. The molecule has 0 aromatic heterocycles. The van der Waals surface area contributed by atoms with Gasteiger partial charge in [-0.1, -0.05) is 34.1 Å². The van der Waals surface area contributed by atoms with Gasteiger partial charge in [0.05, 0.1) is 6.04 Å². The third-order valence-electron chi connectivity index (χ3n) is 3.20. The molecule has 20 heavy (non-hydrogen) atoms. The molecule has 3 nitrogen and oxygen atoms in total. The van der Waals surface area contributed by atoms with Crippen LogP contribution >= 0.6 is 15.9 Å². The van der Waals surface area contributed by atoms with Crippen molar-refractivity contribution < 1.29 is 4.79 Å². The Hall–Kier alpha value is -1.81. The van der Waals surface area contributed by atoms with Gasteiger partial charge < -0.3 is 11.1 Å². The van der Waals surface area contributed by atoms with Crippen molar-refractivity contribution in [2.45, 2.75) is 19.9 Å². The Bertz CT molecular complexity index is 640. The lowest BCUT2D eigenvalue weighted by Crippen LogP contribution is -2.27. The Balaban J connectivity index is 2.17. The maximum Gasteiger partial charge on any atom is 0.252 e. The van der Waals surface area contributed by atoms with Gasteiger partial charge in [-0.25, -0.2) is 0 Å². The molecule has 3 N–H and O–H groups in total. The molecule has 2 rings (SSSR count). The molecule has 2 aromatic rings. The lowest BCUT2D eigenvalue weighted by molar-refractivity contribution is 0.0939. The summed E-state index contributed by atoms with van der Waals surface area (Å²) in [4.78, 5) is 12.3. The SMILES string of the molecule is Cc1ccc(N)cc1C(=O)NC(C)c1cccc(Br)c1. The summed E-state index contributed by atoms with van der Waals surface area (Å²) in [6.45, 7) is 3.86. The van der Waals surface area contributed by atoms with Crippen LogP contribution in [0.25, 0.3) is 0 Å². The van der Waals surface area contributed by atoms with E-state index in [1.807, 2.05) is 44.2 Å². The molecular formula is C16H17BrN2O. The first-order valence-corrected chi connectivity index (χ1v) is 7.19. The third-order valence-corrected chi connectivity index (χ3v) is 3.70. The second-order valence-electron chi connectivity index (χ2n) is 4.82. The van der Waals surface area contributed by atoms with E-state index in [1.54, 1.807) is 12.1 Å². The van der Waals surface area contributed by atoms with E-state index in [4.69, 9.17) is 5.73 Å². The maximum absolute atomic E-state index is 12.3. The Labute approximate surface area is 127 Å². The predicted octanol–water partition coefficient (Wildman–Crippen LogP) is 3.83. The van der Waals surface area contributed by atoms with Crippen molar-refractivity contribution in [1.82, 2.24) is 5.32 Å². The van der Waals surface area contributed by atoms with Gasteiger partial charge in [0, 0.05) is 15.7 Å². The molecule has 0 aliphatic rings. The molecule has 0 radical (unpaired) electrons. The van der Waals surface area contributed by atoms with Crippen molar-refractivity contribution >= 4 is 27.5 Å². The zero-order valence-corrected chi connectivity index (χ0v) is 13.1. The van der Waals surface area contributed by atoms with Crippen molar-refractivity contribution in [2.24, 2.45) is 0 Å². The first-order chi connectivity index (χ1) is 9.47. The molecule has 2 aromatic carbocycles. The molecule has 0 fully saturated rings. The van der Waals surface area contributed by atoms with Gasteiger partial charge in [0.15, 0.2) is 0 Å². The molecule has 0 aliphatic heterocycles. The molecule has 104 valence electrons. The number of halogens is 1. The molecule has 0 spiro atoms. The molecule has 0 aliphatic carbocycles. The van der Waals surface area contributed by atoms with E-state index < -0.39 is 0 Å². The van der Waals surface area contributed by atoms with Crippen molar-refractivity contribution in [3.8, 4) is 0 Å². The van der Waals surface area contributed by atoms with E-state index in [-0.39, 0.29) is 11.9 Å². The number of nitrogens with two attached hydrogens (primary N) is 1. The van der Waals surface area contributed by atoms with Crippen molar-refractivity contribution in [2.75, 3.05) is 5.73 Å². The minimum atomic E-state index is -0.109. The number of hydrogen-bond acceptors (Lipinski definition) is 2. The highest BCUT2D eigenvalue weighted by Gasteiger charge is 2.13. The van der Waals surface area contributed by atoms with Gasteiger partial charge >= 0.3 is 0 Å². The molecule has 1 amide bonds. The summed E-state index contributed by atoms with van der Waals surface area (Å²) in [6.07, 6.45) is 0. The van der Waals surface area contributed by atoms with Crippen LogP contribution in [0.1, 0.15) is 34.5 Å². The van der Waals surface area contributed by atoms with Gasteiger partial charge in [-0.3, -0.25) is 4.79 Å². The maximum atomic E-state index is 12.3. The molecule has 0 bridgehead atoms. The van der Waals surface area contributed by atoms with Crippen LogP contribution in [0.15, 0.2) is 46.9 Å². The number of anilines is 1. The Kier molecular flexibility index (Phi) is 4.45. The molecular weight excluding hydrogens is 316 g/mol. The summed E-state index contributed by atoms with van der Waals surface area (Å²) in [6, 6.07) is 13.2. The first-order valence-electron chi connectivity index (χ1n) is 6.40. The van der Waals surface area contributed by atoms with Gasteiger partial charge in [0.1, 0.15) is 0 Å². The van der Waals surface area contributed by atoms with Crippen LogP contribution in [-0.4, -0.2) is 5.91 Å². The smallest absolute Gasteiger partial charge is 0.252 e. The number of nitrogens with one attached hydrogen (secondary N) is 1. The Morgan fingerprint density at radius 3 is 2.70 bits per heavy atom. The largest absolute Gasteiger partial charge is 0.399 e. The van der Waals surface area contributed by atoms with Gasteiger partial charge in [0.25, 0.3) is 5.91 Å². The van der Waals surface area contributed by atoms with E-state index in [0.29, 0.717) is 11.3 Å². The molecule has 0 saturated carbocycles. The quantitative estimate of drug-likeness (QED) is 0.839. The van der Waals surface area contributed by atoms with E-state index in [0.717, 1.165) is 15.6 Å².